The van der Waals surface area contributed by atoms with E-state index in [1.165, 1.54) is 0 Å². The van der Waals surface area contributed by atoms with Crippen LogP contribution in [0.4, 0.5) is 0 Å². The number of ether oxygens (including phenoxy) is 1. The van der Waals surface area contributed by atoms with E-state index in [-0.39, 0.29) is 18.3 Å². The van der Waals surface area contributed by atoms with E-state index < -0.39 is 5.97 Å². The largest absolute Gasteiger partial charge is 0.508 e. The van der Waals surface area contributed by atoms with Crippen LogP contribution in [-0.2, 0) is 11.3 Å². The summed E-state index contributed by atoms with van der Waals surface area (Å²) in [7, 11) is 1.56. The number of hydrogen-bond donors (Lipinski definition) is 2. The van der Waals surface area contributed by atoms with Gasteiger partial charge in [-0.1, -0.05) is 6.92 Å². The molecule has 0 aliphatic carbocycles. The maximum atomic E-state index is 10.9. The third-order valence-corrected chi connectivity index (χ3v) is 3.21. The highest BCUT2D eigenvalue weighted by Gasteiger charge is 2.17. The summed E-state index contributed by atoms with van der Waals surface area (Å²) >= 11 is 0. The first-order valence-corrected chi connectivity index (χ1v) is 6.29. The average Bonchev–Trinajstić information content (AvgIpc) is 2.38. The maximum Gasteiger partial charge on any atom is 0.317 e. The first-order chi connectivity index (χ1) is 8.97. The second kappa shape index (κ2) is 6.99. The van der Waals surface area contributed by atoms with Gasteiger partial charge in [0.25, 0.3) is 0 Å². The van der Waals surface area contributed by atoms with Gasteiger partial charge >= 0.3 is 5.97 Å². The van der Waals surface area contributed by atoms with E-state index in [0.717, 1.165) is 6.42 Å². The molecule has 0 fully saturated rings. The topological polar surface area (TPSA) is 70.0 Å². The Morgan fingerprint density at radius 3 is 2.68 bits per heavy atom. The lowest BCUT2D eigenvalue weighted by molar-refractivity contribution is -0.139. The van der Waals surface area contributed by atoms with Crippen LogP contribution in [0.1, 0.15) is 25.8 Å². The molecule has 0 aliphatic heterocycles. The molecule has 0 amide bonds. The highest BCUT2D eigenvalue weighted by molar-refractivity contribution is 5.69. The van der Waals surface area contributed by atoms with Gasteiger partial charge in [0.1, 0.15) is 11.5 Å². The van der Waals surface area contributed by atoms with Gasteiger partial charge in [0.05, 0.1) is 13.7 Å². The van der Waals surface area contributed by atoms with Crippen LogP contribution in [0, 0.1) is 0 Å². The van der Waals surface area contributed by atoms with Crippen LogP contribution >= 0.6 is 0 Å². The number of aromatic hydroxyl groups is 1. The zero-order valence-corrected chi connectivity index (χ0v) is 11.6. The molecule has 1 atom stereocenters. The summed E-state index contributed by atoms with van der Waals surface area (Å²) in [5.74, 6) is -0.0746. The van der Waals surface area contributed by atoms with Crippen molar-refractivity contribution in [3.8, 4) is 11.5 Å². The number of benzene rings is 1. The predicted molar refractivity (Wildman–Crippen MR) is 72.5 cm³/mol. The molecule has 1 unspecified atom stereocenters. The zero-order valence-electron chi connectivity index (χ0n) is 11.6. The third-order valence-electron chi connectivity index (χ3n) is 3.21. The summed E-state index contributed by atoms with van der Waals surface area (Å²) in [6.45, 7) is 4.31. The Morgan fingerprint density at radius 1 is 1.47 bits per heavy atom. The first-order valence-electron chi connectivity index (χ1n) is 6.29. The van der Waals surface area contributed by atoms with Crippen LogP contribution in [0.25, 0.3) is 0 Å². The molecule has 0 aromatic heterocycles. The van der Waals surface area contributed by atoms with Gasteiger partial charge in [-0.05, 0) is 31.5 Å². The minimum atomic E-state index is -0.873. The van der Waals surface area contributed by atoms with Gasteiger partial charge < -0.3 is 14.9 Å². The van der Waals surface area contributed by atoms with Crippen molar-refractivity contribution in [3.05, 3.63) is 23.8 Å². The Labute approximate surface area is 113 Å². The molecule has 0 aliphatic rings. The standard InChI is InChI=1S/C14H21NO4/c1-4-10(2)15(9-14(17)18)8-11-7-12(19-3)5-6-13(11)16/h5-7,10,16H,4,8-9H2,1-3H3,(H,17,18). The number of phenols is 1. The predicted octanol–water partition coefficient (Wildman–Crippen LogP) is 2.09. The van der Waals surface area contributed by atoms with Gasteiger partial charge in [-0.3, -0.25) is 9.69 Å². The van der Waals surface area contributed by atoms with Crippen LogP contribution in [0.3, 0.4) is 0 Å². The Kier molecular flexibility index (Phi) is 5.63. The molecule has 19 heavy (non-hydrogen) atoms. The Hall–Kier alpha value is -1.75. The number of methoxy groups -OCH3 is 1. The number of carbonyl (C=O) groups is 1. The fourth-order valence-corrected chi connectivity index (χ4v) is 1.83. The lowest BCUT2D eigenvalue weighted by atomic mass is 10.1. The summed E-state index contributed by atoms with van der Waals surface area (Å²) in [5.41, 5.74) is 0.668. The molecule has 0 bridgehead atoms. The fraction of sp³-hybridized carbons (Fsp3) is 0.500. The molecule has 5 heteroatoms. The van der Waals surface area contributed by atoms with Gasteiger partial charge in [-0.15, -0.1) is 0 Å². The molecule has 1 aromatic carbocycles. The SMILES string of the molecule is CCC(C)N(CC(=O)O)Cc1cc(OC)ccc1O. The van der Waals surface area contributed by atoms with Crippen molar-refractivity contribution in [1.82, 2.24) is 4.90 Å². The molecule has 2 N–H and O–H groups in total. The lowest BCUT2D eigenvalue weighted by Gasteiger charge is -2.27. The quantitative estimate of drug-likeness (QED) is 0.791. The van der Waals surface area contributed by atoms with Crippen molar-refractivity contribution in [2.45, 2.75) is 32.9 Å². The van der Waals surface area contributed by atoms with Gasteiger partial charge in [0, 0.05) is 18.2 Å². The second-order valence-corrected chi connectivity index (χ2v) is 4.55. The Morgan fingerprint density at radius 2 is 2.16 bits per heavy atom. The molecule has 0 saturated heterocycles. The van der Waals surface area contributed by atoms with Crippen molar-refractivity contribution in [1.29, 1.82) is 0 Å². The minimum absolute atomic E-state index is 0.0499. The zero-order chi connectivity index (χ0) is 14.4. The van der Waals surface area contributed by atoms with E-state index in [1.807, 2.05) is 18.7 Å². The molecule has 1 rings (SSSR count). The van der Waals surface area contributed by atoms with E-state index >= 15 is 0 Å². The number of hydrogen-bond acceptors (Lipinski definition) is 4. The number of nitrogens with zero attached hydrogens (tertiary/aromatic N) is 1. The van der Waals surface area contributed by atoms with Crippen LogP contribution in [0.5, 0.6) is 11.5 Å². The maximum absolute atomic E-state index is 10.9. The van der Waals surface area contributed by atoms with Gasteiger partial charge in [0.15, 0.2) is 0 Å². The van der Waals surface area contributed by atoms with E-state index in [9.17, 15) is 9.90 Å². The molecular weight excluding hydrogens is 246 g/mol. The van der Waals surface area contributed by atoms with Crippen LogP contribution in [-0.4, -0.2) is 40.8 Å². The van der Waals surface area contributed by atoms with E-state index in [1.54, 1.807) is 25.3 Å². The highest BCUT2D eigenvalue weighted by Crippen LogP contribution is 2.25. The van der Waals surface area contributed by atoms with Crippen molar-refractivity contribution in [3.63, 3.8) is 0 Å². The van der Waals surface area contributed by atoms with Crippen molar-refractivity contribution >= 4 is 5.97 Å². The average molecular weight is 267 g/mol. The Bertz CT molecular complexity index is 433. The van der Waals surface area contributed by atoms with Crippen molar-refractivity contribution in [2.24, 2.45) is 0 Å². The van der Waals surface area contributed by atoms with Gasteiger partial charge in [-0.2, -0.15) is 0 Å². The second-order valence-electron chi connectivity index (χ2n) is 4.55. The van der Waals surface area contributed by atoms with Crippen LogP contribution in [0.2, 0.25) is 0 Å². The van der Waals surface area contributed by atoms with E-state index in [4.69, 9.17) is 9.84 Å². The fourth-order valence-electron chi connectivity index (χ4n) is 1.83. The molecular formula is C14H21NO4. The monoisotopic (exact) mass is 267 g/mol. The lowest BCUT2D eigenvalue weighted by Crippen LogP contribution is -2.36. The first kappa shape index (κ1) is 15.3. The third kappa shape index (κ3) is 4.44. The molecule has 0 radical (unpaired) electrons. The van der Waals surface area contributed by atoms with Crippen LogP contribution < -0.4 is 4.74 Å². The summed E-state index contributed by atoms with van der Waals surface area (Å²) in [4.78, 5) is 12.7. The van der Waals surface area contributed by atoms with Crippen molar-refractivity contribution < 1.29 is 19.7 Å². The highest BCUT2D eigenvalue weighted by atomic mass is 16.5. The normalized spacial score (nSPS) is 12.4. The molecule has 0 saturated carbocycles. The summed E-state index contributed by atoms with van der Waals surface area (Å²) in [5, 5.41) is 18.8. The number of aliphatic carboxylic acids is 1. The number of carboxylic acid groups (broad SMARTS) is 1. The smallest absolute Gasteiger partial charge is 0.317 e. The number of rotatable bonds is 7. The molecule has 1 aromatic rings. The van der Waals surface area contributed by atoms with E-state index in [2.05, 4.69) is 0 Å². The minimum Gasteiger partial charge on any atom is -0.508 e. The summed E-state index contributed by atoms with van der Waals surface area (Å²) in [6.07, 6.45) is 0.845. The van der Waals surface area contributed by atoms with Gasteiger partial charge in [-0.25, -0.2) is 0 Å². The molecule has 0 heterocycles. The van der Waals surface area contributed by atoms with Gasteiger partial charge in [0.2, 0.25) is 0 Å². The number of phenolic OH excluding ortho intramolecular Hbond substituents is 1. The number of carboxylic acids is 1. The molecule has 0 spiro atoms. The van der Waals surface area contributed by atoms with Crippen LogP contribution in [0.15, 0.2) is 18.2 Å². The van der Waals surface area contributed by atoms with Crippen molar-refractivity contribution in [2.75, 3.05) is 13.7 Å². The molecule has 106 valence electrons. The molecule has 5 nitrogen and oxygen atoms in total. The summed E-state index contributed by atoms with van der Waals surface area (Å²) in [6, 6.07) is 5.08. The summed E-state index contributed by atoms with van der Waals surface area (Å²) < 4.78 is 5.11. The Balaban J connectivity index is 2.91. The van der Waals surface area contributed by atoms with E-state index in [0.29, 0.717) is 17.9 Å².